The van der Waals surface area contributed by atoms with Crippen molar-refractivity contribution in [3.05, 3.63) is 69.7 Å². The van der Waals surface area contributed by atoms with Crippen molar-refractivity contribution in [3.63, 3.8) is 0 Å². The number of carboxylic acids is 1. The lowest BCUT2D eigenvalue weighted by Crippen LogP contribution is -2.59. The molecule has 1 aliphatic heterocycles. The van der Waals surface area contributed by atoms with E-state index in [1.165, 1.54) is 10.6 Å². The van der Waals surface area contributed by atoms with Gasteiger partial charge in [-0.3, -0.25) is 9.59 Å². The Bertz CT molecular complexity index is 1330. The van der Waals surface area contributed by atoms with E-state index in [-0.39, 0.29) is 36.8 Å². The van der Waals surface area contributed by atoms with Crippen molar-refractivity contribution in [2.45, 2.75) is 70.5 Å². The van der Waals surface area contributed by atoms with Crippen LogP contribution >= 0.6 is 23.2 Å². The van der Waals surface area contributed by atoms with Crippen LogP contribution in [0.1, 0.15) is 69.5 Å². The van der Waals surface area contributed by atoms with Gasteiger partial charge in [0.15, 0.2) is 0 Å². The van der Waals surface area contributed by atoms with Crippen LogP contribution in [0.3, 0.4) is 0 Å². The summed E-state index contributed by atoms with van der Waals surface area (Å²) in [7, 11) is -3.56. The third kappa shape index (κ3) is 6.62. The van der Waals surface area contributed by atoms with Gasteiger partial charge in [-0.2, -0.15) is 4.31 Å². The number of carboxylic acid groups (broad SMARTS) is 1. The van der Waals surface area contributed by atoms with E-state index in [9.17, 15) is 23.1 Å². The molecule has 0 aromatic heterocycles. The summed E-state index contributed by atoms with van der Waals surface area (Å²) in [5, 5.41) is 10.9. The molecule has 4 rings (SSSR count). The van der Waals surface area contributed by atoms with Gasteiger partial charge in [0.2, 0.25) is 15.9 Å². The van der Waals surface area contributed by atoms with Crippen LogP contribution < -0.4 is 0 Å². The molecule has 1 N–H and O–H groups in total. The Morgan fingerprint density at radius 2 is 1.74 bits per heavy atom. The summed E-state index contributed by atoms with van der Waals surface area (Å²) in [5.74, 6) is -1.49. The second-order valence-corrected chi connectivity index (χ2v) is 14.3. The summed E-state index contributed by atoms with van der Waals surface area (Å²) >= 11 is 12.6. The molecule has 0 bridgehead atoms. The third-order valence-electron chi connectivity index (χ3n) is 8.02. The standard InChI is InChI=1S/C29H36Cl2N2O5S/c1-18(2)32(39(4,37)38)17-25(19-8-9-19)33-27(20-10-12-22(30)13-11-20)24(21-6-5-7-23(31)14-21)15-29(3,28(33)36)16-26(34)35/h5-7,10-14,18-19,24-25,27H,8-9,15-17H2,1-4H3,(H,34,35)/t24-,25-,27-,29-/m1/s1. The molecule has 7 nitrogen and oxygen atoms in total. The number of piperidine rings is 1. The van der Waals surface area contributed by atoms with Crippen molar-refractivity contribution in [3.8, 4) is 0 Å². The number of carbonyl (C=O) groups is 2. The Hall–Kier alpha value is -2.13. The van der Waals surface area contributed by atoms with Crippen molar-refractivity contribution in [2.24, 2.45) is 11.3 Å². The van der Waals surface area contributed by atoms with Gasteiger partial charge in [0.1, 0.15) is 0 Å². The number of aliphatic carboxylic acids is 1. The van der Waals surface area contributed by atoms with E-state index in [2.05, 4.69) is 0 Å². The number of rotatable bonds is 10. The van der Waals surface area contributed by atoms with Crippen LogP contribution in [0.2, 0.25) is 10.0 Å². The third-order valence-corrected chi connectivity index (χ3v) is 9.93. The fourth-order valence-corrected chi connectivity index (χ4v) is 7.62. The lowest BCUT2D eigenvalue weighted by Gasteiger charge is -2.52. The van der Waals surface area contributed by atoms with Crippen LogP contribution in [0, 0.1) is 11.3 Å². The van der Waals surface area contributed by atoms with Gasteiger partial charge < -0.3 is 10.0 Å². The number of amides is 1. The van der Waals surface area contributed by atoms with E-state index in [4.69, 9.17) is 23.2 Å². The molecule has 1 aliphatic carbocycles. The maximum atomic E-state index is 14.5. The molecule has 0 spiro atoms. The van der Waals surface area contributed by atoms with Crippen molar-refractivity contribution < 1.29 is 23.1 Å². The lowest BCUT2D eigenvalue weighted by molar-refractivity contribution is -0.161. The average molecular weight is 596 g/mol. The minimum absolute atomic E-state index is 0.110. The number of sulfonamides is 1. The quantitative estimate of drug-likeness (QED) is 0.365. The van der Waals surface area contributed by atoms with Gasteiger partial charge in [0, 0.05) is 34.6 Å². The number of nitrogens with zero attached hydrogens (tertiary/aromatic N) is 2. The van der Waals surface area contributed by atoms with Gasteiger partial charge in [0.05, 0.1) is 24.1 Å². The first-order valence-electron chi connectivity index (χ1n) is 13.2. The molecule has 1 heterocycles. The fraction of sp³-hybridized carbons (Fsp3) is 0.517. The van der Waals surface area contributed by atoms with Crippen LogP contribution in [0.5, 0.6) is 0 Å². The van der Waals surface area contributed by atoms with Crippen LogP contribution in [0.4, 0.5) is 0 Å². The van der Waals surface area contributed by atoms with Crippen molar-refractivity contribution in [1.29, 1.82) is 0 Å². The molecule has 0 unspecified atom stereocenters. The highest BCUT2D eigenvalue weighted by atomic mass is 35.5. The second-order valence-electron chi connectivity index (χ2n) is 11.5. The molecular weight excluding hydrogens is 559 g/mol. The minimum Gasteiger partial charge on any atom is -0.481 e. The van der Waals surface area contributed by atoms with Crippen LogP contribution in [-0.2, 0) is 19.6 Å². The van der Waals surface area contributed by atoms with Gasteiger partial charge in [-0.15, -0.1) is 0 Å². The fourth-order valence-electron chi connectivity index (χ4n) is 6.10. The maximum Gasteiger partial charge on any atom is 0.304 e. The molecule has 10 heteroatoms. The largest absolute Gasteiger partial charge is 0.481 e. The van der Waals surface area contributed by atoms with E-state index in [1.54, 1.807) is 25.1 Å². The van der Waals surface area contributed by atoms with Crippen LogP contribution in [0.25, 0.3) is 0 Å². The molecule has 0 radical (unpaired) electrons. The number of benzene rings is 2. The molecule has 2 aliphatic rings. The highest BCUT2D eigenvalue weighted by Crippen LogP contribution is 2.54. The molecule has 2 fully saturated rings. The second kappa shape index (κ2) is 11.4. The monoisotopic (exact) mass is 594 g/mol. The molecule has 4 atom stereocenters. The molecule has 2 aromatic carbocycles. The zero-order valence-corrected chi connectivity index (χ0v) is 25.0. The van der Waals surface area contributed by atoms with Gasteiger partial charge in [-0.1, -0.05) is 54.4 Å². The maximum absolute atomic E-state index is 14.5. The van der Waals surface area contributed by atoms with Gasteiger partial charge in [-0.05, 0) is 74.4 Å². The lowest BCUT2D eigenvalue weighted by atomic mass is 9.67. The summed E-state index contributed by atoms with van der Waals surface area (Å²) in [5.41, 5.74) is 0.564. The zero-order chi connectivity index (χ0) is 28.7. The first-order chi connectivity index (χ1) is 18.2. The van der Waals surface area contributed by atoms with E-state index in [0.717, 1.165) is 24.0 Å². The summed E-state index contributed by atoms with van der Waals surface area (Å²) in [6, 6.07) is 13.6. The summed E-state index contributed by atoms with van der Waals surface area (Å²) in [6.07, 6.45) is 2.91. The Morgan fingerprint density at radius 1 is 1.10 bits per heavy atom. The van der Waals surface area contributed by atoms with E-state index < -0.39 is 33.5 Å². The molecule has 39 heavy (non-hydrogen) atoms. The van der Waals surface area contributed by atoms with Crippen molar-refractivity contribution in [2.75, 3.05) is 12.8 Å². The predicted octanol–water partition coefficient (Wildman–Crippen LogP) is 5.98. The average Bonchev–Trinajstić information content (AvgIpc) is 3.66. The van der Waals surface area contributed by atoms with Crippen molar-refractivity contribution >= 4 is 45.1 Å². The summed E-state index contributed by atoms with van der Waals surface area (Å²) < 4.78 is 27.1. The van der Waals surface area contributed by atoms with E-state index in [0.29, 0.717) is 16.5 Å². The summed E-state index contributed by atoms with van der Waals surface area (Å²) in [6.45, 7) is 5.50. The number of hydrogen-bond donors (Lipinski definition) is 1. The van der Waals surface area contributed by atoms with Gasteiger partial charge >= 0.3 is 5.97 Å². The molecule has 1 saturated carbocycles. The van der Waals surface area contributed by atoms with Gasteiger partial charge in [-0.25, -0.2) is 8.42 Å². The molecule has 1 saturated heterocycles. The van der Waals surface area contributed by atoms with E-state index >= 15 is 0 Å². The number of likely N-dealkylation sites (tertiary alicyclic amines) is 1. The minimum atomic E-state index is -3.56. The van der Waals surface area contributed by atoms with Gasteiger partial charge in [0.25, 0.3) is 0 Å². The first-order valence-corrected chi connectivity index (χ1v) is 15.8. The molecule has 212 valence electrons. The Labute approximate surface area is 241 Å². The van der Waals surface area contributed by atoms with E-state index in [1.807, 2.05) is 49.1 Å². The Kier molecular flexibility index (Phi) is 8.72. The first kappa shape index (κ1) is 29.8. The Morgan fingerprint density at radius 3 is 2.26 bits per heavy atom. The van der Waals surface area contributed by atoms with Crippen molar-refractivity contribution in [1.82, 2.24) is 9.21 Å². The Balaban J connectivity index is 1.93. The SMILES string of the molecule is CC(C)N(C[C@H](C1CC1)N1C(=O)[C@@](C)(CC(=O)O)C[C@H](c2cccc(Cl)c2)[C@H]1c1ccc(Cl)cc1)S(C)(=O)=O. The van der Waals surface area contributed by atoms with Crippen LogP contribution in [-0.4, -0.2) is 59.5 Å². The molecule has 1 amide bonds. The van der Waals surface area contributed by atoms with Crippen LogP contribution in [0.15, 0.2) is 48.5 Å². The number of carbonyl (C=O) groups excluding carboxylic acids is 1. The normalized spacial score (nSPS) is 24.8. The predicted molar refractivity (Wildman–Crippen MR) is 153 cm³/mol. The molecule has 2 aromatic rings. The number of hydrogen-bond acceptors (Lipinski definition) is 4. The summed E-state index contributed by atoms with van der Waals surface area (Å²) in [4.78, 5) is 28.3. The topological polar surface area (TPSA) is 95.0 Å². The zero-order valence-electron chi connectivity index (χ0n) is 22.7. The highest BCUT2D eigenvalue weighted by Gasteiger charge is 2.55. The smallest absolute Gasteiger partial charge is 0.304 e. The molecular formula is C29H36Cl2N2O5S. The highest BCUT2D eigenvalue weighted by molar-refractivity contribution is 7.88. The number of halogens is 2.